The minimum absolute atomic E-state index is 0.00312. The van der Waals surface area contributed by atoms with E-state index in [9.17, 15) is 8.78 Å². The number of rotatable bonds is 3. The van der Waals surface area contributed by atoms with E-state index >= 15 is 0 Å². The van der Waals surface area contributed by atoms with Crippen LogP contribution in [-0.2, 0) is 0 Å². The van der Waals surface area contributed by atoms with E-state index in [0.29, 0.717) is 31.4 Å². The Balaban J connectivity index is 1.70. The fourth-order valence-electron chi connectivity index (χ4n) is 3.19. The maximum Gasteiger partial charge on any atom is 0.248 e. The predicted octanol–water partition coefficient (Wildman–Crippen LogP) is 3.44. The van der Waals surface area contributed by atoms with Gasteiger partial charge in [-0.3, -0.25) is 4.99 Å². The van der Waals surface area contributed by atoms with Crippen LogP contribution in [0.15, 0.2) is 4.99 Å². The second kappa shape index (κ2) is 7.23. The molecule has 0 radical (unpaired) electrons. The van der Waals surface area contributed by atoms with E-state index in [2.05, 4.69) is 10.3 Å². The molecule has 0 atom stereocenters. The summed E-state index contributed by atoms with van der Waals surface area (Å²) in [6, 6.07) is 0.442. The Morgan fingerprint density at radius 1 is 1.05 bits per heavy atom. The van der Waals surface area contributed by atoms with E-state index < -0.39 is 5.92 Å². The summed E-state index contributed by atoms with van der Waals surface area (Å²) >= 11 is 0. The molecule has 0 bridgehead atoms. The van der Waals surface area contributed by atoms with Crippen LogP contribution in [0, 0.1) is 5.92 Å². The molecule has 20 heavy (non-hydrogen) atoms. The molecule has 0 aromatic heterocycles. The van der Waals surface area contributed by atoms with Gasteiger partial charge in [-0.1, -0.05) is 25.7 Å². The summed E-state index contributed by atoms with van der Waals surface area (Å²) in [6.07, 6.45) is 8.58. The number of nitrogens with two attached hydrogens (primary N) is 1. The summed E-state index contributed by atoms with van der Waals surface area (Å²) in [5.41, 5.74) is 5.92. The van der Waals surface area contributed by atoms with Gasteiger partial charge in [0.25, 0.3) is 0 Å². The van der Waals surface area contributed by atoms with Crippen molar-refractivity contribution in [1.29, 1.82) is 0 Å². The maximum absolute atomic E-state index is 13.1. The molecule has 2 rings (SSSR count). The number of nitrogens with zero attached hydrogens (tertiary/aromatic N) is 1. The normalized spacial score (nSPS) is 26.2. The first kappa shape index (κ1) is 15.5. The van der Waals surface area contributed by atoms with Gasteiger partial charge in [0.15, 0.2) is 5.96 Å². The van der Waals surface area contributed by atoms with Crippen LogP contribution in [-0.4, -0.2) is 24.5 Å². The van der Waals surface area contributed by atoms with Gasteiger partial charge < -0.3 is 11.1 Å². The van der Waals surface area contributed by atoms with E-state index in [1.54, 1.807) is 0 Å². The number of nitrogens with one attached hydrogen (secondary N) is 1. The molecule has 2 aliphatic carbocycles. The quantitative estimate of drug-likeness (QED) is 0.474. The third kappa shape index (κ3) is 5.25. The van der Waals surface area contributed by atoms with Crippen LogP contribution >= 0.6 is 0 Å². The van der Waals surface area contributed by atoms with Crippen molar-refractivity contribution < 1.29 is 8.78 Å². The summed E-state index contributed by atoms with van der Waals surface area (Å²) in [5, 5.41) is 3.29. The Morgan fingerprint density at radius 3 is 2.25 bits per heavy atom. The average molecular weight is 287 g/mol. The molecule has 0 saturated heterocycles. The highest BCUT2D eigenvalue weighted by Gasteiger charge is 2.34. The van der Waals surface area contributed by atoms with Gasteiger partial charge >= 0.3 is 0 Å². The van der Waals surface area contributed by atoms with Crippen LogP contribution in [0.5, 0.6) is 0 Å². The van der Waals surface area contributed by atoms with Gasteiger partial charge in [0, 0.05) is 25.4 Å². The van der Waals surface area contributed by atoms with Crippen molar-refractivity contribution in [1.82, 2.24) is 5.32 Å². The van der Waals surface area contributed by atoms with Crippen molar-refractivity contribution in [2.75, 3.05) is 6.54 Å². The topological polar surface area (TPSA) is 50.4 Å². The molecule has 0 aromatic rings. The summed E-state index contributed by atoms with van der Waals surface area (Å²) in [4.78, 5) is 4.36. The zero-order valence-corrected chi connectivity index (χ0v) is 12.2. The Labute approximate surface area is 120 Å². The van der Waals surface area contributed by atoms with Crippen LogP contribution in [0.25, 0.3) is 0 Å². The van der Waals surface area contributed by atoms with Crippen molar-refractivity contribution in [3.63, 3.8) is 0 Å². The number of halogens is 2. The molecule has 116 valence electrons. The monoisotopic (exact) mass is 287 g/mol. The zero-order valence-electron chi connectivity index (χ0n) is 12.2. The van der Waals surface area contributed by atoms with Crippen LogP contribution in [0.2, 0.25) is 0 Å². The third-order valence-electron chi connectivity index (χ3n) is 4.56. The second-order valence-corrected chi connectivity index (χ2v) is 6.36. The van der Waals surface area contributed by atoms with E-state index in [-0.39, 0.29) is 18.8 Å². The number of alkyl halides is 2. The van der Waals surface area contributed by atoms with Crippen molar-refractivity contribution in [2.24, 2.45) is 16.6 Å². The predicted molar refractivity (Wildman–Crippen MR) is 78.0 cm³/mol. The summed E-state index contributed by atoms with van der Waals surface area (Å²) < 4.78 is 26.1. The first-order valence-electron chi connectivity index (χ1n) is 7.99. The molecule has 0 unspecified atom stereocenters. The van der Waals surface area contributed by atoms with Crippen LogP contribution < -0.4 is 11.1 Å². The molecular weight excluding hydrogens is 260 g/mol. The van der Waals surface area contributed by atoms with E-state index in [4.69, 9.17) is 5.73 Å². The smallest absolute Gasteiger partial charge is 0.248 e. The Kier molecular flexibility index (Phi) is 5.61. The molecule has 5 heteroatoms. The third-order valence-corrected chi connectivity index (χ3v) is 4.56. The highest BCUT2D eigenvalue weighted by Crippen LogP contribution is 2.36. The van der Waals surface area contributed by atoms with Gasteiger partial charge in [-0.15, -0.1) is 0 Å². The van der Waals surface area contributed by atoms with Gasteiger partial charge in [-0.05, 0) is 31.6 Å². The zero-order chi connectivity index (χ0) is 14.4. The highest BCUT2D eigenvalue weighted by atomic mass is 19.3. The lowest BCUT2D eigenvalue weighted by atomic mass is 9.87. The Bertz CT molecular complexity index is 313. The number of hydrogen-bond donors (Lipinski definition) is 2. The number of guanidine groups is 1. The van der Waals surface area contributed by atoms with Crippen LogP contribution in [0.1, 0.15) is 64.2 Å². The lowest BCUT2D eigenvalue weighted by molar-refractivity contribution is -0.0446. The molecule has 0 spiro atoms. The van der Waals surface area contributed by atoms with E-state index in [1.807, 2.05) is 0 Å². The second-order valence-electron chi connectivity index (χ2n) is 6.36. The highest BCUT2D eigenvalue weighted by molar-refractivity contribution is 5.78. The van der Waals surface area contributed by atoms with E-state index in [1.165, 1.54) is 25.7 Å². The van der Waals surface area contributed by atoms with Crippen molar-refractivity contribution in [2.45, 2.75) is 76.2 Å². The minimum atomic E-state index is -2.45. The molecule has 0 aliphatic heterocycles. The fourth-order valence-corrected chi connectivity index (χ4v) is 3.19. The minimum Gasteiger partial charge on any atom is -0.370 e. The van der Waals surface area contributed by atoms with E-state index in [0.717, 1.165) is 12.8 Å². The standard InChI is InChI=1S/C15H27F2N3/c16-15(17)9-7-12(8-10-15)11-19-14(18)20-13-5-3-1-2-4-6-13/h12-13H,1-11H2,(H3,18,19,20). The van der Waals surface area contributed by atoms with Crippen molar-refractivity contribution in [3.05, 3.63) is 0 Å². The van der Waals surface area contributed by atoms with Gasteiger partial charge in [-0.25, -0.2) is 8.78 Å². The first-order valence-corrected chi connectivity index (χ1v) is 7.99. The molecular formula is C15H27F2N3. The first-order chi connectivity index (χ1) is 9.55. The lowest BCUT2D eigenvalue weighted by Crippen LogP contribution is -2.40. The van der Waals surface area contributed by atoms with Gasteiger partial charge in [0.05, 0.1) is 0 Å². The lowest BCUT2D eigenvalue weighted by Gasteiger charge is -2.27. The van der Waals surface area contributed by atoms with Crippen molar-refractivity contribution >= 4 is 5.96 Å². The molecule has 0 heterocycles. The largest absolute Gasteiger partial charge is 0.370 e. The SMILES string of the molecule is NC(=NCC1CCC(F)(F)CC1)NC1CCCCCC1. The summed E-state index contributed by atoms with van der Waals surface area (Å²) in [6.45, 7) is 0.585. The summed E-state index contributed by atoms with van der Waals surface area (Å²) in [7, 11) is 0. The van der Waals surface area contributed by atoms with Crippen LogP contribution in [0.4, 0.5) is 8.78 Å². The Hall–Kier alpha value is -0.870. The summed E-state index contributed by atoms with van der Waals surface area (Å²) in [5.74, 6) is -1.69. The van der Waals surface area contributed by atoms with Crippen LogP contribution in [0.3, 0.4) is 0 Å². The molecule has 0 amide bonds. The average Bonchev–Trinajstić information content (AvgIpc) is 2.66. The van der Waals surface area contributed by atoms with Gasteiger partial charge in [-0.2, -0.15) is 0 Å². The molecule has 3 N–H and O–H groups in total. The molecule has 3 nitrogen and oxygen atoms in total. The van der Waals surface area contributed by atoms with Gasteiger partial charge in [0.2, 0.25) is 5.92 Å². The van der Waals surface area contributed by atoms with Gasteiger partial charge in [0.1, 0.15) is 0 Å². The maximum atomic E-state index is 13.1. The molecule has 0 aromatic carbocycles. The molecule has 2 aliphatic rings. The Morgan fingerprint density at radius 2 is 1.65 bits per heavy atom. The van der Waals surface area contributed by atoms with Crippen molar-refractivity contribution in [3.8, 4) is 0 Å². The molecule has 2 saturated carbocycles. The number of aliphatic imine (C=N–C) groups is 1. The fraction of sp³-hybridized carbons (Fsp3) is 0.933. The number of hydrogen-bond acceptors (Lipinski definition) is 1. The molecule has 2 fully saturated rings.